The lowest BCUT2D eigenvalue weighted by Crippen LogP contribution is -2.32. The number of oxazole rings is 1. The Morgan fingerprint density at radius 1 is 0.967 bits per heavy atom. The van der Waals surface area contributed by atoms with Gasteiger partial charge in [0.2, 0.25) is 0 Å². The number of hydrogen-bond donors (Lipinski definition) is 1. The molecule has 0 aliphatic carbocycles. The van der Waals surface area contributed by atoms with Gasteiger partial charge < -0.3 is 14.6 Å². The molecule has 3 aromatic rings. The maximum absolute atomic E-state index is 13.1. The first kappa shape index (κ1) is 19.9. The molecule has 0 radical (unpaired) electrons. The van der Waals surface area contributed by atoms with Gasteiger partial charge in [-0.05, 0) is 38.0 Å². The first-order chi connectivity index (χ1) is 14.6. The van der Waals surface area contributed by atoms with Crippen molar-refractivity contribution in [2.75, 3.05) is 18.4 Å². The third-order valence-corrected chi connectivity index (χ3v) is 5.39. The fourth-order valence-corrected chi connectivity index (χ4v) is 3.73. The molecule has 2 amide bonds. The van der Waals surface area contributed by atoms with Crippen LogP contribution in [0.2, 0.25) is 0 Å². The van der Waals surface area contributed by atoms with Crippen molar-refractivity contribution in [3.05, 3.63) is 71.7 Å². The highest BCUT2D eigenvalue weighted by Crippen LogP contribution is 2.29. The van der Waals surface area contributed by atoms with Crippen molar-refractivity contribution in [3.63, 3.8) is 0 Å². The zero-order valence-electron chi connectivity index (χ0n) is 17.1. The Hall–Kier alpha value is -3.41. The molecule has 1 saturated heterocycles. The SMILES string of the molecule is Cc1ccc(NC(=O)c2ccccc2-c2ocnc2C(=O)N2CCCCCC2)cc1. The van der Waals surface area contributed by atoms with Crippen LogP contribution < -0.4 is 5.32 Å². The molecular weight excluding hydrogens is 378 g/mol. The van der Waals surface area contributed by atoms with Crippen LogP contribution in [0.25, 0.3) is 11.3 Å². The van der Waals surface area contributed by atoms with Crippen LogP contribution >= 0.6 is 0 Å². The molecule has 2 heterocycles. The fraction of sp³-hybridized carbons (Fsp3) is 0.292. The predicted octanol–water partition coefficient (Wildman–Crippen LogP) is 4.92. The van der Waals surface area contributed by atoms with E-state index in [0.717, 1.165) is 44.3 Å². The van der Waals surface area contributed by atoms with E-state index in [9.17, 15) is 9.59 Å². The molecule has 1 aliphatic rings. The Morgan fingerprint density at radius 3 is 2.40 bits per heavy atom. The molecule has 1 aromatic heterocycles. The van der Waals surface area contributed by atoms with Crippen LogP contribution in [0, 0.1) is 6.92 Å². The number of carbonyl (C=O) groups is 2. The van der Waals surface area contributed by atoms with Gasteiger partial charge in [-0.1, -0.05) is 48.7 Å². The molecule has 6 nitrogen and oxygen atoms in total. The zero-order valence-corrected chi connectivity index (χ0v) is 17.1. The Kier molecular flexibility index (Phi) is 5.93. The highest BCUT2D eigenvalue weighted by Gasteiger charge is 2.26. The highest BCUT2D eigenvalue weighted by molar-refractivity contribution is 6.09. The lowest BCUT2D eigenvalue weighted by atomic mass is 10.0. The Bertz CT molecular complexity index is 1030. The summed E-state index contributed by atoms with van der Waals surface area (Å²) in [4.78, 5) is 32.1. The summed E-state index contributed by atoms with van der Waals surface area (Å²) in [5.74, 6) is -0.0766. The number of nitrogens with one attached hydrogen (secondary N) is 1. The fourth-order valence-electron chi connectivity index (χ4n) is 3.73. The first-order valence-corrected chi connectivity index (χ1v) is 10.3. The number of nitrogens with zero attached hydrogens (tertiary/aromatic N) is 2. The maximum atomic E-state index is 13.1. The number of rotatable bonds is 4. The Labute approximate surface area is 175 Å². The van der Waals surface area contributed by atoms with Crippen molar-refractivity contribution < 1.29 is 14.0 Å². The van der Waals surface area contributed by atoms with Crippen molar-refractivity contribution in [2.45, 2.75) is 32.6 Å². The van der Waals surface area contributed by atoms with Gasteiger partial charge in [0.1, 0.15) is 0 Å². The zero-order chi connectivity index (χ0) is 20.9. The van der Waals surface area contributed by atoms with Crippen LogP contribution in [0.3, 0.4) is 0 Å². The van der Waals surface area contributed by atoms with E-state index in [4.69, 9.17) is 4.42 Å². The number of amides is 2. The second kappa shape index (κ2) is 8.95. The summed E-state index contributed by atoms with van der Waals surface area (Å²) in [6.07, 6.45) is 5.53. The van der Waals surface area contributed by atoms with Gasteiger partial charge in [0.15, 0.2) is 17.8 Å². The molecule has 2 aromatic carbocycles. The van der Waals surface area contributed by atoms with Crippen molar-refractivity contribution >= 4 is 17.5 Å². The number of aromatic nitrogens is 1. The molecule has 1 N–H and O–H groups in total. The lowest BCUT2D eigenvalue weighted by Gasteiger charge is -2.19. The molecule has 0 saturated carbocycles. The molecule has 6 heteroatoms. The molecule has 1 fully saturated rings. The van der Waals surface area contributed by atoms with Crippen LogP contribution in [0.15, 0.2) is 59.3 Å². The molecular formula is C24H25N3O3. The molecule has 0 spiro atoms. The summed E-state index contributed by atoms with van der Waals surface area (Å²) < 4.78 is 5.61. The van der Waals surface area contributed by atoms with Crippen molar-refractivity contribution in [2.24, 2.45) is 0 Å². The molecule has 1 aliphatic heterocycles. The lowest BCUT2D eigenvalue weighted by molar-refractivity contribution is 0.0756. The average molecular weight is 403 g/mol. The Morgan fingerprint density at radius 2 is 1.67 bits per heavy atom. The standard InChI is InChI=1S/C24H25N3O3/c1-17-10-12-18(13-11-17)26-23(28)20-9-5-4-8-19(20)22-21(25-16-30-22)24(29)27-14-6-2-3-7-15-27/h4-5,8-13,16H,2-3,6-7,14-15H2,1H3,(H,26,28). The molecule has 0 atom stereocenters. The summed E-state index contributed by atoms with van der Waals surface area (Å²) in [6, 6.07) is 14.7. The van der Waals surface area contributed by atoms with Gasteiger partial charge in [0.25, 0.3) is 11.8 Å². The van der Waals surface area contributed by atoms with Crippen molar-refractivity contribution in [3.8, 4) is 11.3 Å². The average Bonchev–Trinajstić information content (AvgIpc) is 3.09. The van der Waals surface area contributed by atoms with Crippen LogP contribution in [-0.4, -0.2) is 34.8 Å². The number of hydrogen-bond acceptors (Lipinski definition) is 4. The molecule has 0 bridgehead atoms. The summed E-state index contributed by atoms with van der Waals surface area (Å²) in [5.41, 5.74) is 3.07. The minimum atomic E-state index is -0.265. The molecule has 0 unspecified atom stereocenters. The normalized spacial score (nSPS) is 14.2. The smallest absolute Gasteiger partial charge is 0.276 e. The van der Waals surface area contributed by atoms with Crippen LogP contribution in [0.5, 0.6) is 0 Å². The third kappa shape index (κ3) is 4.27. The van der Waals surface area contributed by atoms with E-state index >= 15 is 0 Å². The Balaban J connectivity index is 1.63. The first-order valence-electron chi connectivity index (χ1n) is 10.3. The number of aryl methyl sites for hydroxylation is 1. The van der Waals surface area contributed by atoms with E-state index < -0.39 is 0 Å². The van der Waals surface area contributed by atoms with Gasteiger partial charge in [-0.15, -0.1) is 0 Å². The second-order valence-electron chi connectivity index (χ2n) is 7.60. The predicted molar refractivity (Wildman–Crippen MR) is 115 cm³/mol. The highest BCUT2D eigenvalue weighted by atomic mass is 16.3. The third-order valence-electron chi connectivity index (χ3n) is 5.39. The van der Waals surface area contributed by atoms with Crippen LogP contribution in [0.1, 0.15) is 52.1 Å². The van der Waals surface area contributed by atoms with E-state index in [2.05, 4.69) is 10.3 Å². The van der Waals surface area contributed by atoms with Gasteiger partial charge in [0.05, 0.1) is 5.56 Å². The van der Waals surface area contributed by atoms with Gasteiger partial charge in [-0.25, -0.2) is 4.98 Å². The molecule has 4 rings (SSSR count). The number of benzene rings is 2. The molecule has 30 heavy (non-hydrogen) atoms. The summed E-state index contributed by atoms with van der Waals surface area (Å²) in [5, 5.41) is 2.91. The van der Waals surface area contributed by atoms with E-state index in [1.54, 1.807) is 18.2 Å². The molecule has 154 valence electrons. The van der Waals surface area contributed by atoms with E-state index in [1.165, 1.54) is 6.39 Å². The van der Waals surface area contributed by atoms with Crippen LogP contribution in [0.4, 0.5) is 5.69 Å². The number of carbonyl (C=O) groups excluding carboxylic acids is 2. The van der Waals surface area contributed by atoms with Gasteiger partial charge in [-0.2, -0.15) is 0 Å². The maximum Gasteiger partial charge on any atom is 0.276 e. The summed E-state index contributed by atoms with van der Waals surface area (Å²) in [7, 11) is 0. The van der Waals surface area contributed by atoms with Crippen molar-refractivity contribution in [1.82, 2.24) is 9.88 Å². The second-order valence-corrected chi connectivity index (χ2v) is 7.60. The van der Waals surface area contributed by atoms with Gasteiger partial charge >= 0.3 is 0 Å². The van der Waals surface area contributed by atoms with Crippen LogP contribution in [-0.2, 0) is 0 Å². The van der Waals surface area contributed by atoms with Gasteiger partial charge in [0, 0.05) is 24.3 Å². The summed E-state index contributed by atoms with van der Waals surface area (Å²) in [6.45, 7) is 3.44. The van der Waals surface area contributed by atoms with Gasteiger partial charge in [-0.3, -0.25) is 9.59 Å². The topological polar surface area (TPSA) is 75.4 Å². The number of likely N-dealkylation sites (tertiary alicyclic amines) is 1. The minimum Gasteiger partial charge on any atom is -0.443 e. The monoisotopic (exact) mass is 403 g/mol. The van der Waals surface area contributed by atoms with E-state index in [0.29, 0.717) is 22.6 Å². The van der Waals surface area contributed by atoms with E-state index in [1.807, 2.05) is 42.2 Å². The largest absolute Gasteiger partial charge is 0.443 e. The van der Waals surface area contributed by atoms with Crippen molar-refractivity contribution in [1.29, 1.82) is 0 Å². The van der Waals surface area contributed by atoms with E-state index in [-0.39, 0.29) is 17.5 Å². The minimum absolute atomic E-state index is 0.144. The summed E-state index contributed by atoms with van der Waals surface area (Å²) >= 11 is 0. The quantitative estimate of drug-likeness (QED) is 0.671. The number of anilines is 1.